The van der Waals surface area contributed by atoms with Gasteiger partial charge in [0.15, 0.2) is 5.84 Å². The average Bonchev–Trinajstić information content (AvgIpc) is 3.18. The number of aliphatic hydroxyl groups is 1. The Morgan fingerprint density at radius 2 is 1.75 bits per heavy atom. The van der Waals surface area contributed by atoms with Crippen LogP contribution < -0.4 is 11.6 Å². The molecule has 1 unspecified atom stereocenters. The van der Waals surface area contributed by atoms with Gasteiger partial charge in [-0.3, -0.25) is 14.9 Å². The minimum absolute atomic E-state index is 0.0556. The molecule has 0 saturated carbocycles. The number of oxime groups is 1. The fraction of sp³-hybridized carbons (Fsp3) is 0.529. The number of amidine groups is 1. The number of nitrogens with two attached hydrogens (primary N) is 2. The molecule has 0 bridgehead atoms. The second-order valence-electron chi connectivity index (χ2n) is 5.49. The third kappa shape index (κ3) is 8.75. The Kier molecular flexibility index (Phi) is 12.9. The Morgan fingerprint density at radius 1 is 1.21 bits per heavy atom. The van der Waals surface area contributed by atoms with Gasteiger partial charge in [0.05, 0.1) is 11.3 Å². The lowest BCUT2D eigenvalue weighted by Gasteiger charge is -2.27. The standard InChI is InChI=1S/C8H14N2O2.C7H6N2O3.C2H6.H3NO/c11-8-6-7(9-12-8)10-4-2-1-3-5-10;8-7(10)5-1-3-6(4-2-5)9(11)12;2*1-2/h8,11H,1-6H2;1-4H,(H2,8,10);1-2H3;2H,1H2. The zero-order chi connectivity index (χ0) is 21.5. The fourth-order valence-electron chi connectivity index (χ4n) is 2.44. The Labute approximate surface area is 163 Å². The van der Waals surface area contributed by atoms with Crippen molar-refractivity contribution in [1.29, 1.82) is 0 Å². The summed E-state index contributed by atoms with van der Waals surface area (Å²) in [6.45, 7) is 6.13. The van der Waals surface area contributed by atoms with Gasteiger partial charge in [-0.05, 0) is 31.4 Å². The number of rotatable bonds is 2. The first-order valence-corrected chi connectivity index (χ1v) is 8.93. The van der Waals surface area contributed by atoms with E-state index in [-0.39, 0.29) is 11.3 Å². The van der Waals surface area contributed by atoms with Gasteiger partial charge in [0.25, 0.3) is 5.69 Å². The second-order valence-corrected chi connectivity index (χ2v) is 5.49. The summed E-state index contributed by atoms with van der Waals surface area (Å²) in [5.74, 6) is 3.83. The highest BCUT2D eigenvalue weighted by Crippen LogP contribution is 2.16. The molecule has 1 atom stereocenters. The van der Waals surface area contributed by atoms with Crippen LogP contribution in [0.5, 0.6) is 0 Å². The fourth-order valence-corrected chi connectivity index (χ4v) is 2.44. The highest BCUT2D eigenvalue weighted by molar-refractivity contribution is 5.92. The first kappa shape index (κ1) is 25.2. The van der Waals surface area contributed by atoms with E-state index in [0.29, 0.717) is 6.42 Å². The molecule has 1 saturated heterocycles. The molecule has 1 amide bonds. The molecule has 3 rings (SSSR count). The van der Waals surface area contributed by atoms with Gasteiger partial charge in [0, 0.05) is 30.8 Å². The Bertz CT molecular complexity index is 584. The zero-order valence-electron chi connectivity index (χ0n) is 16.2. The SMILES string of the molecule is CC.NC(=O)c1ccc([N+](=O)[O-])cc1.NO.OC1CC(N2CCCCC2)=NO1. The van der Waals surface area contributed by atoms with E-state index in [9.17, 15) is 14.9 Å². The summed E-state index contributed by atoms with van der Waals surface area (Å²) in [5.41, 5.74) is 5.14. The van der Waals surface area contributed by atoms with Crippen LogP contribution in [0.3, 0.4) is 0 Å². The third-order valence-corrected chi connectivity index (χ3v) is 3.72. The summed E-state index contributed by atoms with van der Waals surface area (Å²) in [6.07, 6.45) is 3.62. The van der Waals surface area contributed by atoms with Crippen molar-refractivity contribution >= 4 is 17.4 Å². The number of aliphatic hydroxyl groups excluding tert-OH is 1. The monoisotopic (exact) mass is 399 g/mol. The maximum atomic E-state index is 10.5. The molecule has 28 heavy (non-hydrogen) atoms. The molecule has 2 heterocycles. The number of likely N-dealkylation sites (tertiary alicyclic amines) is 1. The lowest BCUT2D eigenvalue weighted by Crippen LogP contribution is -2.35. The molecule has 158 valence electrons. The van der Waals surface area contributed by atoms with Crippen molar-refractivity contribution < 1.29 is 24.9 Å². The number of amides is 1. The molecule has 0 radical (unpaired) electrons. The van der Waals surface area contributed by atoms with Crippen molar-refractivity contribution in [2.75, 3.05) is 13.1 Å². The van der Waals surface area contributed by atoms with E-state index in [1.807, 2.05) is 13.8 Å². The number of nitro groups is 1. The topological polar surface area (TPSA) is 178 Å². The van der Waals surface area contributed by atoms with E-state index in [1.54, 1.807) is 0 Å². The van der Waals surface area contributed by atoms with Crippen molar-refractivity contribution in [3.8, 4) is 0 Å². The van der Waals surface area contributed by atoms with Crippen LogP contribution >= 0.6 is 0 Å². The highest BCUT2D eigenvalue weighted by Gasteiger charge is 2.23. The number of nitrogens with zero attached hydrogens (tertiary/aromatic N) is 3. The zero-order valence-corrected chi connectivity index (χ0v) is 16.2. The van der Waals surface area contributed by atoms with Crippen LogP contribution in [0.25, 0.3) is 0 Å². The van der Waals surface area contributed by atoms with Gasteiger partial charge in [0.2, 0.25) is 12.2 Å². The van der Waals surface area contributed by atoms with Crippen molar-refractivity contribution in [3.63, 3.8) is 0 Å². The van der Waals surface area contributed by atoms with Crippen LogP contribution in [0.15, 0.2) is 29.4 Å². The van der Waals surface area contributed by atoms with Crippen LogP contribution in [0.4, 0.5) is 5.69 Å². The Hall–Kier alpha value is -2.76. The van der Waals surface area contributed by atoms with Crippen LogP contribution in [0.1, 0.15) is 49.9 Å². The third-order valence-electron chi connectivity index (χ3n) is 3.72. The molecule has 1 fully saturated rings. The molecule has 1 aromatic carbocycles. The lowest BCUT2D eigenvalue weighted by atomic mass is 10.1. The van der Waals surface area contributed by atoms with Gasteiger partial charge in [0.1, 0.15) is 0 Å². The number of piperidine rings is 1. The van der Waals surface area contributed by atoms with Crippen molar-refractivity contribution in [2.45, 2.75) is 45.8 Å². The van der Waals surface area contributed by atoms with Gasteiger partial charge < -0.3 is 25.8 Å². The number of hydrogen-bond donors (Lipinski definition) is 4. The first-order chi connectivity index (χ1) is 13.5. The second kappa shape index (κ2) is 14.3. The quantitative estimate of drug-likeness (QED) is 0.427. The van der Waals surface area contributed by atoms with Gasteiger partial charge in [-0.1, -0.05) is 19.0 Å². The summed E-state index contributed by atoms with van der Waals surface area (Å²) in [7, 11) is 0. The summed E-state index contributed by atoms with van der Waals surface area (Å²) in [4.78, 5) is 27.1. The van der Waals surface area contributed by atoms with Gasteiger partial charge in [-0.25, -0.2) is 5.90 Å². The Balaban J connectivity index is 0.000000443. The highest BCUT2D eigenvalue weighted by atomic mass is 16.7. The van der Waals surface area contributed by atoms with Crippen LogP contribution in [-0.2, 0) is 4.84 Å². The number of nitro benzene ring substituents is 1. The summed E-state index contributed by atoms with van der Waals surface area (Å²) in [6, 6.07) is 5.11. The van der Waals surface area contributed by atoms with E-state index in [2.05, 4.69) is 16.0 Å². The number of hydrogen-bond acceptors (Lipinski definition) is 9. The molecular formula is C17H29N5O6. The van der Waals surface area contributed by atoms with E-state index < -0.39 is 17.1 Å². The van der Waals surface area contributed by atoms with Crippen molar-refractivity contribution in [1.82, 2.24) is 4.90 Å². The molecule has 0 spiro atoms. The predicted octanol–water partition coefficient (Wildman–Crippen LogP) is 1.58. The van der Waals surface area contributed by atoms with E-state index in [0.717, 1.165) is 18.9 Å². The molecule has 2 aliphatic rings. The van der Waals surface area contributed by atoms with Gasteiger partial charge in [-0.15, -0.1) is 0 Å². The number of benzene rings is 1. The minimum atomic E-state index is -0.707. The Morgan fingerprint density at radius 3 is 2.14 bits per heavy atom. The van der Waals surface area contributed by atoms with E-state index in [1.165, 1.54) is 43.5 Å². The average molecular weight is 399 g/mol. The molecule has 11 nitrogen and oxygen atoms in total. The van der Waals surface area contributed by atoms with E-state index in [4.69, 9.17) is 20.9 Å². The van der Waals surface area contributed by atoms with Crippen molar-refractivity contribution in [3.05, 3.63) is 39.9 Å². The van der Waals surface area contributed by atoms with E-state index >= 15 is 0 Å². The largest absolute Gasteiger partial charge is 0.366 e. The maximum absolute atomic E-state index is 10.5. The lowest BCUT2D eigenvalue weighted by molar-refractivity contribution is -0.384. The number of primary amides is 1. The van der Waals surface area contributed by atoms with Crippen LogP contribution in [0, 0.1) is 10.1 Å². The van der Waals surface area contributed by atoms with Gasteiger partial charge in [-0.2, -0.15) is 0 Å². The molecule has 2 aliphatic heterocycles. The van der Waals surface area contributed by atoms with Crippen molar-refractivity contribution in [2.24, 2.45) is 16.8 Å². The first-order valence-electron chi connectivity index (χ1n) is 8.93. The maximum Gasteiger partial charge on any atom is 0.269 e. The summed E-state index contributed by atoms with van der Waals surface area (Å²) >= 11 is 0. The molecular weight excluding hydrogens is 370 g/mol. The minimum Gasteiger partial charge on any atom is -0.366 e. The van der Waals surface area contributed by atoms with Gasteiger partial charge >= 0.3 is 0 Å². The smallest absolute Gasteiger partial charge is 0.269 e. The normalized spacial score (nSPS) is 17.2. The molecule has 0 aromatic heterocycles. The number of non-ortho nitro benzene ring substituents is 1. The number of carbonyl (C=O) groups excluding carboxylic acids is 1. The van der Waals surface area contributed by atoms with Crippen LogP contribution in [0.2, 0.25) is 0 Å². The predicted molar refractivity (Wildman–Crippen MR) is 104 cm³/mol. The summed E-state index contributed by atoms with van der Waals surface area (Å²) < 4.78 is 0. The molecule has 0 aliphatic carbocycles. The number of carbonyl (C=O) groups is 1. The molecule has 1 aromatic rings. The van der Waals surface area contributed by atoms with Crippen LogP contribution in [-0.4, -0.2) is 51.3 Å². The summed E-state index contributed by atoms with van der Waals surface area (Å²) in [5, 5.41) is 29.6. The molecule has 11 heteroatoms. The molecule has 6 N–H and O–H groups in total.